The van der Waals surface area contributed by atoms with E-state index in [1.165, 1.54) is 19.3 Å². The van der Waals surface area contributed by atoms with Crippen LogP contribution in [0.4, 0.5) is 5.82 Å². The number of amides is 1. The summed E-state index contributed by atoms with van der Waals surface area (Å²) in [4.78, 5) is 16.0. The Hall–Kier alpha value is -2.21. The molecule has 0 radical (unpaired) electrons. The second-order valence-electron chi connectivity index (χ2n) is 6.41. The van der Waals surface area contributed by atoms with Gasteiger partial charge in [-0.3, -0.25) is 14.5 Å². The molecule has 0 spiro atoms. The van der Waals surface area contributed by atoms with Crippen LogP contribution in [0.5, 0.6) is 0 Å². The lowest BCUT2D eigenvalue weighted by atomic mass is 9.88. The zero-order valence-electron chi connectivity index (χ0n) is 14.0. The van der Waals surface area contributed by atoms with E-state index in [1.54, 1.807) is 23.1 Å². The average Bonchev–Trinajstić information content (AvgIpc) is 3.02. The van der Waals surface area contributed by atoms with Crippen LogP contribution in [0.3, 0.4) is 0 Å². The number of carbonyl (C=O) groups excluding carboxylic acids is 1. The molecule has 1 aliphatic carbocycles. The van der Waals surface area contributed by atoms with Gasteiger partial charge in [0.25, 0.3) is 5.91 Å². The van der Waals surface area contributed by atoms with Crippen LogP contribution in [-0.4, -0.2) is 33.4 Å². The van der Waals surface area contributed by atoms with E-state index in [1.807, 2.05) is 18.3 Å². The Bertz CT molecular complexity index is 656. The fourth-order valence-electron chi connectivity index (χ4n) is 3.08. The first kappa shape index (κ1) is 16.6. The van der Waals surface area contributed by atoms with Gasteiger partial charge in [0.1, 0.15) is 6.61 Å². The Morgan fingerprint density at radius 2 is 2.08 bits per heavy atom. The Balaban J connectivity index is 1.46. The molecule has 1 amide bonds. The quantitative estimate of drug-likeness (QED) is 0.885. The summed E-state index contributed by atoms with van der Waals surface area (Å²) in [5.74, 6) is 0.933. The number of aromatic nitrogens is 3. The summed E-state index contributed by atoms with van der Waals surface area (Å²) in [5, 5.41) is 7.16. The molecule has 0 aromatic carbocycles. The third-order valence-corrected chi connectivity index (χ3v) is 4.46. The molecule has 6 heteroatoms. The molecular formula is C18H24N4O2. The van der Waals surface area contributed by atoms with Crippen molar-refractivity contribution in [2.75, 3.05) is 11.9 Å². The van der Waals surface area contributed by atoms with Gasteiger partial charge in [-0.25, -0.2) is 0 Å². The number of nitrogens with zero attached hydrogens (tertiary/aromatic N) is 3. The maximum Gasteiger partial charge on any atom is 0.251 e. The fraction of sp³-hybridized carbons (Fsp3) is 0.500. The molecule has 1 saturated carbocycles. The molecule has 1 aliphatic rings. The predicted molar refractivity (Wildman–Crippen MR) is 91.6 cm³/mol. The summed E-state index contributed by atoms with van der Waals surface area (Å²) in [5.41, 5.74) is 1.11. The van der Waals surface area contributed by atoms with Crippen molar-refractivity contribution in [3.63, 3.8) is 0 Å². The minimum Gasteiger partial charge on any atom is -0.368 e. The third-order valence-electron chi connectivity index (χ3n) is 4.46. The van der Waals surface area contributed by atoms with E-state index in [2.05, 4.69) is 22.3 Å². The smallest absolute Gasteiger partial charge is 0.251 e. The topological polar surface area (TPSA) is 69.0 Å². The molecule has 24 heavy (non-hydrogen) atoms. The summed E-state index contributed by atoms with van der Waals surface area (Å²) in [7, 11) is 0. The van der Waals surface area contributed by atoms with Crippen molar-refractivity contribution in [2.24, 2.45) is 5.92 Å². The van der Waals surface area contributed by atoms with Crippen molar-refractivity contribution >= 4 is 11.7 Å². The van der Waals surface area contributed by atoms with Gasteiger partial charge in [0.2, 0.25) is 0 Å². The first-order valence-electron chi connectivity index (χ1n) is 8.54. The molecule has 0 saturated heterocycles. The highest BCUT2D eigenvalue weighted by Crippen LogP contribution is 2.26. The van der Waals surface area contributed by atoms with Gasteiger partial charge in [0.05, 0.1) is 12.6 Å². The molecule has 2 aromatic heterocycles. The van der Waals surface area contributed by atoms with Gasteiger partial charge in [-0.15, -0.1) is 0 Å². The Kier molecular flexibility index (Phi) is 5.59. The summed E-state index contributed by atoms with van der Waals surface area (Å²) < 4.78 is 7.56. The molecule has 0 aliphatic heterocycles. The summed E-state index contributed by atoms with van der Waals surface area (Å²) in [6.45, 7) is 2.93. The highest BCUT2D eigenvalue weighted by Gasteiger charge is 2.22. The number of rotatable bonds is 6. The summed E-state index contributed by atoms with van der Waals surface area (Å²) in [6, 6.07) is 5.68. The number of anilines is 1. The van der Waals surface area contributed by atoms with Gasteiger partial charge < -0.3 is 10.1 Å². The van der Waals surface area contributed by atoms with E-state index < -0.39 is 0 Å². The van der Waals surface area contributed by atoms with Crippen LogP contribution in [0.15, 0.2) is 36.8 Å². The van der Waals surface area contributed by atoms with Crippen molar-refractivity contribution in [1.29, 1.82) is 0 Å². The molecule has 2 atom stereocenters. The van der Waals surface area contributed by atoms with Crippen LogP contribution in [0.1, 0.15) is 38.2 Å². The molecule has 0 unspecified atom stereocenters. The predicted octanol–water partition coefficient (Wildman–Crippen LogP) is 2.86. The number of nitrogens with one attached hydrogen (secondary N) is 1. The number of hydrogen-bond acceptors (Lipinski definition) is 4. The first-order chi connectivity index (χ1) is 11.7. The molecule has 2 heterocycles. The minimum absolute atomic E-state index is 0.0895. The Labute approximate surface area is 142 Å². The Morgan fingerprint density at radius 1 is 1.29 bits per heavy atom. The second kappa shape index (κ2) is 8.06. The van der Waals surface area contributed by atoms with Gasteiger partial charge in [0.15, 0.2) is 5.82 Å². The SMILES string of the molecule is C[C@@H]1CCCC[C@H]1OCC(=O)Nc1ccn(Cc2ccncc2)n1. The lowest BCUT2D eigenvalue weighted by Gasteiger charge is -2.28. The van der Waals surface area contributed by atoms with E-state index in [0.717, 1.165) is 12.0 Å². The van der Waals surface area contributed by atoms with Crippen molar-refractivity contribution in [1.82, 2.24) is 14.8 Å². The number of ether oxygens (including phenoxy) is 1. The highest BCUT2D eigenvalue weighted by atomic mass is 16.5. The third kappa shape index (κ3) is 4.64. The van der Waals surface area contributed by atoms with Crippen LogP contribution in [-0.2, 0) is 16.1 Å². The van der Waals surface area contributed by atoms with Crippen molar-refractivity contribution in [3.8, 4) is 0 Å². The van der Waals surface area contributed by atoms with E-state index >= 15 is 0 Å². The summed E-state index contributed by atoms with van der Waals surface area (Å²) >= 11 is 0. The number of carbonyl (C=O) groups is 1. The molecule has 6 nitrogen and oxygen atoms in total. The molecule has 128 valence electrons. The average molecular weight is 328 g/mol. The standard InChI is InChI=1S/C18H24N4O2/c1-14-4-2-3-5-16(14)24-13-18(23)20-17-8-11-22(21-17)12-15-6-9-19-10-7-15/h6-11,14,16H,2-5,12-13H2,1H3,(H,20,21,23)/t14-,16-/m1/s1. The van der Waals surface area contributed by atoms with Gasteiger partial charge in [-0.1, -0.05) is 19.8 Å². The molecule has 3 rings (SSSR count). The minimum atomic E-state index is -0.151. The van der Waals surface area contributed by atoms with Crippen LogP contribution in [0.2, 0.25) is 0 Å². The maximum absolute atomic E-state index is 12.0. The van der Waals surface area contributed by atoms with E-state index in [-0.39, 0.29) is 18.6 Å². The molecular weight excluding hydrogens is 304 g/mol. The Morgan fingerprint density at radius 3 is 2.88 bits per heavy atom. The van der Waals surface area contributed by atoms with Crippen molar-refractivity contribution in [3.05, 3.63) is 42.4 Å². The van der Waals surface area contributed by atoms with Crippen molar-refractivity contribution in [2.45, 2.75) is 45.3 Å². The largest absolute Gasteiger partial charge is 0.368 e. The maximum atomic E-state index is 12.0. The molecule has 2 aromatic rings. The van der Waals surface area contributed by atoms with Crippen LogP contribution < -0.4 is 5.32 Å². The summed E-state index contributed by atoms with van der Waals surface area (Å²) in [6.07, 6.45) is 10.3. The monoisotopic (exact) mass is 328 g/mol. The van der Waals surface area contributed by atoms with E-state index in [9.17, 15) is 4.79 Å². The van der Waals surface area contributed by atoms with Gasteiger partial charge >= 0.3 is 0 Å². The van der Waals surface area contributed by atoms with Crippen LogP contribution in [0.25, 0.3) is 0 Å². The molecule has 1 fully saturated rings. The van der Waals surface area contributed by atoms with Gasteiger partial charge in [-0.05, 0) is 36.5 Å². The lowest BCUT2D eigenvalue weighted by molar-refractivity contribution is -0.124. The molecule has 1 N–H and O–H groups in total. The normalized spacial score (nSPS) is 20.7. The first-order valence-corrected chi connectivity index (χ1v) is 8.54. The zero-order valence-corrected chi connectivity index (χ0v) is 14.0. The van der Waals surface area contributed by atoms with Crippen molar-refractivity contribution < 1.29 is 9.53 Å². The van der Waals surface area contributed by atoms with E-state index in [0.29, 0.717) is 18.3 Å². The van der Waals surface area contributed by atoms with Gasteiger partial charge in [-0.2, -0.15) is 5.10 Å². The number of pyridine rings is 1. The zero-order chi connectivity index (χ0) is 16.8. The molecule has 0 bridgehead atoms. The highest BCUT2D eigenvalue weighted by molar-refractivity contribution is 5.90. The second-order valence-corrected chi connectivity index (χ2v) is 6.41. The fourth-order valence-corrected chi connectivity index (χ4v) is 3.08. The number of hydrogen-bond donors (Lipinski definition) is 1. The van der Waals surface area contributed by atoms with Crippen LogP contribution in [0, 0.1) is 5.92 Å². The van der Waals surface area contributed by atoms with E-state index in [4.69, 9.17) is 4.74 Å². The lowest BCUT2D eigenvalue weighted by Crippen LogP contribution is -2.29. The van der Waals surface area contributed by atoms with Crippen LogP contribution >= 0.6 is 0 Å². The van der Waals surface area contributed by atoms with Gasteiger partial charge in [0, 0.05) is 24.7 Å².